The van der Waals surface area contributed by atoms with E-state index in [1.165, 1.54) is 0 Å². The lowest BCUT2D eigenvalue weighted by atomic mass is 9.89. The van der Waals surface area contributed by atoms with Crippen LogP contribution in [-0.2, 0) is 15.8 Å². The summed E-state index contributed by atoms with van der Waals surface area (Å²) in [6.07, 6.45) is 3.62. The number of halogens is 1. The predicted octanol–water partition coefficient (Wildman–Crippen LogP) is 3.57. The van der Waals surface area contributed by atoms with Gasteiger partial charge in [0.1, 0.15) is 5.54 Å². The zero-order valence-electron chi connectivity index (χ0n) is 12.3. The fourth-order valence-corrected chi connectivity index (χ4v) is 4.16. The van der Waals surface area contributed by atoms with Crippen molar-refractivity contribution in [3.8, 4) is 5.75 Å². The van der Waals surface area contributed by atoms with Crippen molar-refractivity contribution in [2.75, 3.05) is 6.54 Å². The van der Waals surface area contributed by atoms with Gasteiger partial charge in [-0.2, -0.15) is 13.5 Å². The fraction of sp³-hybridized carbons (Fsp3) is 0.125. The summed E-state index contributed by atoms with van der Waals surface area (Å²) in [4.78, 5) is 0. The Morgan fingerprint density at radius 2 is 1.92 bits per heavy atom. The Bertz CT molecular complexity index is 957. The Balaban J connectivity index is 1.85. The van der Waals surface area contributed by atoms with Crippen LogP contribution in [0, 0.1) is 0 Å². The van der Waals surface area contributed by atoms with Gasteiger partial charge >= 0.3 is 10.3 Å². The van der Waals surface area contributed by atoms with E-state index in [1.54, 1.807) is 30.3 Å². The summed E-state index contributed by atoms with van der Waals surface area (Å²) in [5, 5.41) is 8.36. The van der Waals surface area contributed by atoms with Crippen LogP contribution in [0.4, 0.5) is 0 Å². The van der Waals surface area contributed by atoms with Crippen LogP contribution in [0.25, 0.3) is 6.08 Å². The molecule has 1 unspecified atom stereocenters. The van der Waals surface area contributed by atoms with E-state index in [4.69, 9.17) is 15.8 Å². The minimum atomic E-state index is -4.04. The van der Waals surface area contributed by atoms with E-state index in [-0.39, 0.29) is 6.54 Å². The zero-order chi connectivity index (χ0) is 16.8. The standard InChI is InChI=1S/C16H12ClN3O3S/c17-13-7-5-12(6-8-13)9-10-16-11-18-19-20(16)24(21,22)23-15-4-2-1-3-14(15)16/h1-10H,11H2/b10-9+. The lowest BCUT2D eigenvalue weighted by Gasteiger charge is -2.37. The number of benzene rings is 2. The Hall–Kier alpha value is -2.38. The molecule has 24 heavy (non-hydrogen) atoms. The highest BCUT2D eigenvalue weighted by Gasteiger charge is 2.53. The summed E-state index contributed by atoms with van der Waals surface area (Å²) < 4.78 is 30.8. The average molecular weight is 362 g/mol. The maximum atomic E-state index is 12.4. The molecule has 2 aliphatic rings. The van der Waals surface area contributed by atoms with Gasteiger partial charge in [-0.15, -0.1) is 4.41 Å². The molecular formula is C16H12ClN3O3S. The van der Waals surface area contributed by atoms with Crippen LogP contribution < -0.4 is 4.18 Å². The van der Waals surface area contributed by atoms with Crippen molar-refractivity contribution in [2.45, 2.75) is 5.54 Å². The summed E-state index contributed by atoms with van der Waals surface area (Å²) in [5.74, 6) is 0.293. The maximum absolute atomic E-state index is 12.4. The molecule has 2 aliphatic heterocycles. The monoisotopic (exact) mass is 361 g/mol. The maximum Gasteiger partial charge on any atom is 0.427 e. The molecule has 0 radical (unpaired) electrons. The van der Waals surface area contributed by atoms with Gasteiger partial charge in [-0.3, -0.25) is 0 Å². The second-order valence-electron chi connectivity index (χ2n) is 5.48. The molecular weight excluding hydrogens is 350 g/mol. The van der Waals surface area contributed by atoms with Crippen LogP contribution in [0.3, 0.4) is 0 Å². The third-order valence-electron chi connectivity index (χ3n) is 3.98. The summed E-state index contributed by atoms with van der Waals surface area (Å²) in [6.45, 7) is 0.191. The molecule has 0 fully saturated rings. The van der Waals surface area contributed by atoms with Crippen LogP contribution in [0.15, 0.2) is 64.9 Å². The summed E-state index contributed by atoms with van der Waals surface area (Å²) in [5.41, 5.74) is 0.574. The van der Waals surface area contributed by atoms with Gasteiger partial charge in [-0.05, 0) is 29.8 Å². The topological polar surface area (TPSA) is 71.3 Å². The fourth-order valence-electron chi connectivity index (χ4n) is 2.83. The van der Waals surface area contributed by atoms with Crippen LogP contribution >= 0.6 is 11.6 Å². The molecule has 0 saturated carbocycles. The van der Waals surface area contributed by atoms with Crippen molar-refractivity contribution in [1.82, 2.24) is 4.41 Å². The first-order valence-electron chi connectivity index (χ1n) is 7.18. The highest BCUT2D eigenvalue weighted by molar-refractivity contribution is 7.84. The van der Waals surface area contributed by atoms with Crippen molar-refractivity contribution in [3.63, 3.8) is 0 Å². The first-order chi connectivity index (χ1) is 11.5. The van der Waals surface area contributed by atoms with E-state index in [9.17, 15) is 8.42 Å². The quantitative estimate of drug-likeness (QED) is 0.820. The van der Waals surface area contributed by atoms with E-state index in [2.05, 4.69) is 10.3 Å². The number of nitrogens with zero attached hydrogens (tertiary/aromatic N) is 3. The lowest BCUT2D eigenvalue weighted by molar-refractivity contribution is 0.244. The number of fused-ring (bicyclic) bond motifs is 3. The highest BCUT2D eigenvalue weighted by atomic mass is 35.5. The number of rotatable bonds is 2. The third-order valence-corrected chi connectivity index (χ3v) is 5.44. The van der Waals surface area contributed by atoms with Crippen LogP contribution in [-0.4, -0.2) is 19.4 Å². The van der Waals surface area contributed by atoms with Gasteiger partial charge in [0, 0.05) is 10.6 Å². The third kappa shape index (κ3) is 2.28. The molecule has 0 N–H and O–H groups in total. The molecule has 8 heteroatoms. The second kappa shape index (κ2) is 5.32. The molecule has 2 aromatic carbocycles. The van der Waals surface area contributed by atoms with Gasteiger partial charge in [-0.1, -0.05) is 53.2 Å². The summed E-state index contributed by atoms with van der Waals surface area (Å²) in [7, 11) is -4.04. The molecule has 0 spiro atoms. The van der Waals surface area contributed by atoms with E-state index in [0.717, 1.165) is 9.98 Å². The normalized spacial score (nSPS) is 23.8. The number of hydrogen-bond donors (Lipinski definition) is 0. The zero-order valence-corrected chi connectivity index (χ0v) is 13.9. The number of hydrogen-bond acceptors (Lipinski definition) is 5. The minimum Gasteiger partial charge on any atom is -0.365 e. The first-order valence-corrected chi connectivity index (χ1v) is 8.92. The van der Waals surface area contributed by atoms with Gasteiger partial charge in [0.05, 0.1) is 6.54 Å². The summed E-state index contributed by atoms with van der Waals surface area (Å²) in [6, 6.07) is 14.2. The molecule has 0 aliphatic carbocycles. The largest absolute Gasteiger partial charge is 0.427 e. The number of para-hydroxylation sites is 1. The van der Waals surface area contributed by atoms with Gasteiger partial charge in [0.15, 0.2) is 5.75 Å². The van der Waals surface area contributed by atoms with E-state index in [0.29, 0.717) is 16.3 Å². The molecule has 0 saturated heterocycles. The molecule has 0 amide bonds. The van der Waals surface area contributed by atoms with Crippen LogP contribution in [0.1, 0.15) is 11.1 Å². The van der Waals surface area contributed by atoms with Crippen LogP contribution in [0.5, 0.6) is 5.75 Å². The lowest BCUT2D eigenvalue weighted by Crippen LogP contribution is -2.49. The molecule has 0 aromatic heterocycles. The van der Waals surface area contributed by atoms with E-state index >= 15 is 0 Å². The smallest absolute Gasteiger partial charge is 0.365 e. The SMILES string of the molecule is O=S1(=O)Oc2ccccc2C2(/C=C/c3ccc(Cl)cc3)CN=NN21. The highest BCUT2D eigenvalue weighted by Crippen LogP contribution is 2.46. The molecule has 4 rings (SSSR count). The van der Waals surface area contributed by atoms with Gasteiger partial charge in [0.25, 0.3) is 0 Å². The predicted molar refractivity (Wildman–Crippen MR) is 89.7 cm³/mol. The van der Waals surface area contributed by atoms with E-state index in [1.807, 2.05) is 30.3 Å². The average Bonchev–Trinajstić information content (AvgIpc) is 3.01. The molecule has 1 atom stereocenters. The van der Waals surface area contributed by atoms with Gasteiger partial charge < -0.3 is 4.18 Å². The summed E-state index contributed by atoms with van der Waals surface area (Å²) >= 11 is 5.89. The van der Waals surface area contributed by atoms with Gasteiger partial charge in [-0.25, -0.2) is 0 Å². The van der Waals surface area contributed by atoms with E-state index < -0.39 is 15.8 Å². The van der Waals surface area contributed by atoms with Crippen molar-refractivity contribution in [1.29, 1.82) is 0 Å². The minimum absolute atomic E-state index is 0.191. The van der Waals surface area contributed by atoms with Crippen molar-refractivity contribution in [2.24, 2.45) is 10.3 Å². The second-order valence-corrected chi connectivity index (χ2v) is 7.28. The van der Waals surface area contributed by atoms with Crippen molar-refractivity contribution >= 4 is 28.0 Å². The van der Waals surface area contributed by atoms with Gasteiger partial charge in [0.2, 0.25) is 0 Å². The molecule has 6 nitrogen and oxygen atoms in total. The van der Waals surface area contributed by atoms with Crippen molar-refractivity contribution < 1.29 is 12.6 Å². The van der Waals surface area contributed by atoms with Crippen molar-refractivity contribution in [3.05, 3.63) is 70.8 Å². The Morgan fingerprint density at radius 3 is 2.71 bits per heavy atom. The molecule has 0 bridgehead atoms. The first kappa shape index (κ1) is 15.2. The van der Waals surface area contributed by atoms with Crippen LogP contribution in [0.2, 0.25) is 5.02 Å². The Labute approximate surface area is 144 Å². The Morgan fingerprint density at radius 1 is 1.17 bits per heavy atom. The molecule has 122 valence electrons. The molecule has 2 aromatic rings. The Kier molecular flexibility index (Phi) is 3.36. The molecule has 2 heterocycles.